The van der Waals surface area contributed by atoms with Crippen molar-refractivity contribution in [2.75, 3.05) is 49.5 Å². The average Bonchev–Trinajstić information content (AvgIpc) is 3.71. The van der Waals surface area contributed by atoms with Crippen LogP contribution in [0.1, 0.15) is 41.7 Å². The lowest BCUT2D eigenvalue weighted by atomic mass is 10.1. The highest BCUT2D eigenvalue weighted by Crippen LogP contribution is 2.38. The predicted octanol–water partition coefficient (Wildman–Crippen LogP) is 3.40. The first-order valence-corrected chi connectivity index (χ1v) is 12.4. The Morgan fingerprint density at radius 2 is 1.83 bits per heavy atom. The first-order chi connectivity index (χ1) is 17.0. The van der Waals surface area contributed by atoms with Crippen molar-refractivity contribution in [2.45, 2.75) is 32.2 Å². The zero-order chi connectivity index (χ0) is 24.5. The number of pyridine rings is 1. The molecule has 2 heterocycles. The van der Waals surface area contributed by atoms with Crippen LogP contribution in [0.15, 0.2) is 47.4 Å². The summed E-state index contributed by atoms with van der Waals surface area (Å²) in [6.07, 6.45) is 4.10. The lowest BCUT2D eigenvalue weighted by molar-refractivity contribution is 0.102. The van der Waals surface area contributed by atoms with Gasteiger partial charge in [0.05, 0.1) is 11.2 Å². The molecule has 7 nitrogen and oxygen atoms in total. The Morgan fingerprint density at radius 3 is 2.46 bits per heavy atom. The van der Waals surface area contributed by atoms with Gasteiger partial charge in [0.1, 0.15) is 11.4 Å². The lowest BCUT2D eigenvalue weighted by Crippen LogP contribution is -2.46. The fourth-order valence-electron chi connectivity index (χ4n) is 4.80. The van der Waals surface area contributed by atoms with Crippen molar-refractivity contribution in [1.29, 1.82) is 0 Å². The summed E-state index contributed by atoms with van der Waals surface area (Å²) in [5.74, 6) is -0.944. The van der Waals surface area contributed by atoms with Crippen LogP contribution in [0.2, 0.25) is 0 Å². The van der Waals surface area contributed by atoms with Gasteiger partial charge < -0.3 is 24.8 Å². The number of rotatable bonds is 7. The molecule has 1 aliphatic carbocycles. The molecule has 1 saturated carbocycles. The highest BCUT2D eigenvalue weighted by atomic mass is 19.1. The van der Waals surface area contributed by atoms with E-state index in [-0.39, 0.29) is 23.6 Å². The maximum absolute atomic E-state index is 15.3. The summed E-state index contributed by atoms with van der Waals surface area (Å²) >= 11 is 0. The molecule has 0 unspecified atom stereocenters. The van der Waals surface area contributed by atoms with Crippen molar-refractivity contribution < 1.29 is 14.3 Å². The van der Waals surface area contributed by atoms with Gasteiger partial charge in [-0.15, -0.1) is 0 Å². The number of carbonyl (C=O) groups is 1. The smallest absolute Gasteiger partial charge is 0.261 e. The maximum Gasteiger partial charge on any atom is 0.261 e. The molecule has 1 saturated heterocycles. The minimum atomic E-state index is -0.513. The Bertz CT molecular complexity index is 1290. The van der Waals surface area contributed by atoms with Crippen molar-refractivity contribution in [3.05, 3.63) is 69.8 Å². The second-order valence-corrected chi connectivity index (χ2v) is 9.38. The monoisotopic (exact) mass is 478 g/mol. The number of hydrogen-bond donors (Lipinski definition) is 2. The molecule has 3 aromatic rings. The van der Waals surface area contributed by atoms with Gasteiger partial charge in [-0.2, -0.15) is 0 Å². The number of anilines is 2. The molecule has 2 N–H and O–H groups in total. The highest BCUT2D eigenvalue weighted by molar-refractivity contribution is 6.06. The van der Waals surface area contributed by atoms with Crippen LogP contribution in [0.5, 0.6) is 0 Å². The van der Waals surface area contributed by atoms with Gasteiger partial charge in [-0.25, -0.2) is 4.39 Å². The van der Waals surface area contributed by atoms with Crippen LogP contribution >= 0.6 is 0 Å². The third-order valence-corrected chi connectivity index (χ3v) is 7.06. The summed E-state index contributed by atoms with van der Waals surface area (Å²) < 4.78 is 17.2. The van der Waals surface area contributed by atoms with Crippen LogP contribution in [0.4, 0.5) is 15.8 Å². The topological polar surface area (TPSA) is 77.8 Å². The summed E-state index contributed by atoms with van der Waals surface area (Å²) in [6, 6.07) is 10.4. The number of aromatic nitrogens is 1. The number of likely N-dealkylation sites (N-methyl/N-ethyl adjacent to an activating group) is 1. The number of carbonyl (C=O) groups excluding carboxylic acids is 1. The van der Waals surface area contributed by atoms with Crippen molar-refractivity contribution in [3.8, 4) is 0 Å². The van der Waals surface area contributed by atoms with E-state index in [1.807, 2.05) is 21.6 Å². The lowest BCUT2D eigenvalue weighted by Gasteiger charge is -2.35. The van der Waals surface area contributed by atoms with E-state index < -0.39 is 17.2 Å². The van der Waals surface area contributed by atoms with Crippen molar-refractivity contribution in [2.24, 2.45) is 0 Å². The van der Waals surface area contributed by atoms with Gasteiger partial charge in [0.15, 0.2) is 0 Å². The number of piperazine rings is 1. The summed E-state index contributed by atoms with van der Waals surface area (Å²) in [6.45, 7) is 6.39. The first-order valence-electron chi connectivity index (χ1n) is 12.4. The highest BCUT2D eigenvalue weighted by Gasteiger charge is 2.28. The van der Waals surface area contributed by atoms with Gasteiger partial charge in [0.25, 0.3) is 5.91 Å². The standard InChI is InChI=1S/C27H31FN4O3/c1-2-30-10-12-31(13-11-30)25-16-24-21(15-23(25)28)26(34)22(17-32(24)20-7-8-20)27(35)29-19-5-3-18(4-6-19)9-14-33/h3-6,15-17,20,33H,2,7-14H2,1H3,(H,29,35). The van der Waals surface area contributed by atoms with Gasteiger partial charge >= 0.3 is 0 Å². The van der Waals surface area contributed by atoms with Crippen molar-refractivity contribution >= 4 is 28.2 Å². The number of nitrogens with one attached hydrogen (secondary N) is 1. The summed E-state index contributed by atoms with van der Waals surface area (Å²) in [5.41, 5.74) is 2.25. The summed E-state index contributed by atoms with van der Waals surface area (Å²) in [4.78, 5) is 30.8. The minimum absolute atomic E-state index is 0.00699. The van der Waals surface area contributed by atoms with Gasteiger partial charge in [-0.1, -0.05) is 19.1 Å². The van der Waals surface area contributed by atoms with E-state index in [4.69, 9.17) is 5.11 Å². The van der Waals surface area contributed by atoms with Crippen molar-refractivity contribution in [1.82, 2.24) is 9.47 Å². The zero-order valence-electron chi connectivity index (χ0n) is 20.0. The number of benzene rings is 2. The maximum atomic E-state index is 15.3. The molecule has 184 valence electrons. The Labute approximate surface area is 203 Å². The molecule has 0 atom stereocenters. The largest absolute Gasteiger partial charge is 0.396 e. The number of fused-ring (bicyclic) bond motifs is 1. The number of aliphatic hydroxyl groups excluding tert-OH is 1. The van der Waals surface area contributed by atoms with E-state index in [0.29, 0.717) is 23.3 Å². The molecular formula is C27H31FN4O3. The second-order valence-electron chi connectivity index (χ2n) is 9.38. The third kappa shape index (κ3) is 4.81. The number of nitrogens with zero attached hydrogens (tertiary/aromatic N) is 3. The molecule has 2 aromatic carbocycles. The van der Waals surface area contributed by atoms with Gasteiger partial charge in [0, 0.05) is 56.1 Å². The minimum Gasteiger partial charge on any atom is -0.396 e. The molecule has 0 bridgehead atoms. The second kappa shape index (κ2) is 9.79. The van der Waals surface area contributed by atoms with E-state index in [2.05, 4.69) is 17.1 Å². The number of halogens is 1. The molecule has 1 aliphatic heterocycles. The molecule has 8 heteroatoms. The van der Waals surface area contributed by atoms with Crippen LogP contribution < -0.4 is 15.6 Å². The molecule has 35 heavy (non-hydrogen) atoms. The van der Waals surface area contributed by atoms with E-state index in [0.717, 1.165) is 51.1 Å². The van der Waals surface area contributed by atoms with Crippen LogP contribution in [0.25, 0.3) is 10.9 Å². The van der Waals surface area contributed by atoms with E-state index in [1.165, 1.54) is 6.07 Å². The van der Waals surface area contributed by atoms with Crippen LogP contribution in [0.3, 0.4) is 0 Å². The first kappa shape index (κ1) is 23.5. The summed E-state index contributed by atoms with van der Waals surface area (Å²) in [5, 5.41) is 12.1. The molecule has 5 rings (SSSR count). The molecule has 2 fully saturated rings. The Kier molecular flexibility index (Phi) is 6.58. The zero-order valence-corrected chi connectivity index (χ0v) is 20.0. The number of aliphatic hydroxyl groups is 1. The van der Waals surface area contributed by atoms with Crippen LogP contribution in [-0.2, 0) is 6.42 Å². The molecular weight excluding hydrogens is 447 g/mol. The summed E-state index contributed by atoms with van der Waals surface area (Å²) in [7, 11) is 0. The Hall–Kier alpha value is -3.23. The molecule has 1 amide bonds. The number of amides is 1. The van der Waals surface area contributed by atoms with E-state index >= 15 is 4.39 Å². The molecule has 0 spiro atoms. The Balaban J connectivity index is 1.49. The van der Waals surface area contributed by atoms with Crippen LogP contribution in [0, 0.1) is 5.82 Å². The van der Waals surface area contributed by atoms with Crippen LogP contribution in [-0.4, -0.2) is 59.8 Å². The third-order valence-electron chi connectivity index (χ3n) is 7.06. The van der Waals surface area contributed by atoms with Gasteiger partial charge in [-0.05, 0) is 55.6 Å². The quantitative estimate of drug-likeness (QED) is 0.544. The fraction of sp³-hybridized carbons (Fsp3) is 0.407. The normalized spacial score (nSPS) is 16.6. The fourth-order valence-corrected chi connectivity index (χ4v) is 4.80. The number of hydrogen-bond acceptors (Lipinski definition) is 5. The van der Waals surface area contributed by atoms with E-state index in [9.17, 15) is 9.59 Å². The molecule has 1 aromatic heterocycles. The molecule has 0 radical (unpaired) electrons. The van der Waals surface area contributed by atoms with Gasteiger partial charge in [-0.3, -0.25) is 9.59 Å². The predicted molar refractivity (Wildman–Crippen MR) is 136 cm³/mol. The molecule has 2 aliphatic rings. The van der Waals surface area contributed by atoms with Crippen molar-refractivity contribution in [3.63, 3.8) is 0 Å². The average molecular weight is 479 g/mol. The van der Waals surface area contributed by atoms with Gasteiger partial charge in [0.2, 0.25) is 5.43 Å². The Morgan fingerprint density at radius 1 is 1.11 bits per heavy atom. The van der Waals surface area contributed by atoms with E-state index in [1.54, 1.807) is 24.4 Å². The SMILES string of the molecule is CCN1CCN(c2cc3c(cc2F)c(=O)c(C(=O)Nc2ccc(CCO)cc2)cn3C2CC2)CC1.